The highest BCUT2D eigenvalue weighted by molar-refractivity contribution is 5.89. The second-order valence-electron chi connectivity index (χ2n) is 9.01. The van der Waals surface area contributed by atoms with Gasteiger partial charge in [0, 0.05) is 31.4 Å². The molecule has 0 aliphatic heterocycles. The van der Waals surface area contributed by atoms with Crippen molar-refractivity contribution in [1.82, 2.24) is 9.66 Å². The van der Waals surface area contributed by atoms with Crippen LogP contribution in [0.3, 0.4) is 0 Å². The number of fused-ring (bicyclic) bond motifs is 2. The van der Waals surface area contributed by atoms with Gasteiger partial charge in [0.15, 0.2) is 12.4 Å². The lowest BCUT2D eigenvalue weighted by molar-refractivity contribution is -0.145. The average Bonchev–Trinajstić information content (AvgIpc) is 3.40. The number of para-hydroxylation sites is 1. The molecule has 0 aliphatic carbocycles. The number of esters is 1. The molecule has 0 bridgehead atoms. The van der Waals surface area contributed by atoms with Gasteiger partial charge in [-0.3, -0.25) is 4.79 Å². The van der Waals surface area contributed by atoms with Gasteiger partial charge in [-0.15, -0.1) is 0 Å². The van der Waals surface area contributed by atoms with E-state index in [0.29, 0.717) is 39.3 Å². The number of furan rings is 1. The molecule has 0 unspecified atom stereocenters. The maximum Gasteiger partial charge on any atom is 0.344 e. The molecule has 2 heterocycles. The van der Waals surface area contributed by atoms with E-state index in [1.807, 2.05) is 49.3 Å². The molecule has 5 aromatic rings. The van der Waals surface area contributed by atoms with Crippen molar-refractivity contribution >= 4 is 39.7 Å². The molecule has 2 aromatic heterocycles. The van der Waals surface area contributed by atoms with Crippen LogP contribution in [0.4, 0.5) is 5.69 Å². The molecule has 0 N–H and O–H groups in total. The molecular weight excluding hydrogens is 512 g/mol. The Morgan fingerprint density at radius 3 is 2.65 bits per heavy atom. The predicted molar refractivity (Wildman–Crippen MR) is 154 cm³/mol. The van der Waals surface area contributed by atoms with Crippen molar-refractivity contribution in [2.75, 3.05) is 39.3 Å². The lowest BCUT2D eigenvalue weighted by Gasteiger charge is -2.16. The zero-order valence-electron chi connectivity index (χ0n) is 22.6. The van der Waals surface area contributed by atoms with Crippen molar-refractivity contribution in [3.8, 4) is 23.1 Å². The Kier molecular flexibility index (Phi) is 7.50. The molecule has 5 rings (SSSR count). The average molecular weight is 541 g/mol. The summed E-state index contributed by atoms with van der Waals surface area (Å²) in [7, 11) is 5.37. The van der Waals surface area contributed by atoms with E-state index in [0.717, 1.165) is 11.1 Å². The van der Waals surface area contributed by atoms with E-state index < -0.39 is 5.97 Å². The lowest BCUT2D eigenvalue weighted by Crippen LogP contribution is -2.20. The molecule has 3 aromatic carbocycles. The molecule has 0 fully saturated rings. The highest BCUT2D eigenvalue weighted by Gasteiger charge is 2.18. The number of nitrogens with zero attached hydrogens (tertiary/aromatic N) is 4. The predicted octanol–water partition coefficient (Wildman–Crippen LogP) is 4.71. The molecule has 0 aliphatic rings. The number of methoxy groups -OCH3 is 1. The second kappa shape index (κ2) is 11.3. The van der Waals surface area contributed by atoms with E-state index in [2.05, 4.69) is 5.10 Å². The van der Waals surface area contributed by atoms with E-state index in [1.165, 1.54) is 10.9 Å². The van der Waals surface area contributed by atoms with Gasteiger partial charge in [-0.05, 0) is 49.4 Å². The summed E-state index contributed by atoms with van der Waals surface area (Å²) in [6, 6.07) is 19.7. The number of rotatable bonds is 9. The second-order valence-corrected chi connectivity index (χ2v) is 9.01. The first-order chi connectivity index (χ1) is 19.4. The maximum atomic E-state index is 13.6. The quantitative estimate of drug-likeness (QED) is 0.195. The van der Waals surface area contributed by atoms with E-state index >= 15 is 0 Å². The Morgan fingerprint density at radius 1 is 1.05 bits per heavy atom. The van der Waals surface area contributed by atoms with Crippen molar-refractivity contribution in [2.24, 2.45) is 5.10 Å². The first kappa shape index (κ1) is 26.5. The van der Waals surface area contributed by atoms with Crippen LogP contribution in [0, 0.1) is 0 Å². The molecule has 0 amide bonds. The smallest absolute Gasteiger partial charge is 0.344 e. The first-order valence-electron chi connectivity index (χ1n) is 12.6. The van der Waals surface area contributed by atoms with Crippen LogP contribution in [0.1, 0.15) is 12.5 Å². The van der Waals surface area contributed by atoms with Gasteiger partial charge >= 0.3 is 5.97 Å². The lowest BCUT2D eigenvalue weighted by atomic mass is 10.2. The van der Waals surface area contributed by atoms with Crippen molar-refractivity contribution < 1.29 is 23.4 Å². The molecule has 40 heavy (non-hydrogen) atoms. The molecule has 0 atom stereocenters. The van der Waals surface area contributed by atoms with E-state index in [4.69, 9.17) is 23.6 Å². The van der Waals surface area contributed by atoms with E-state index in [-0.39, 0.29) is 24.6 Å². The van der Waals surface area contributed by atoms with Crippen LogP contribution >= 0.6 is 0 Å². The third-order valence-electron chi connectivity index (χ3n) is 6.19. The summed E-state index contributed by atoms with van der Waals surface area (Å²) in [4.78, 5) is 32.2. The Morgan fingerprint density at radius 2 is 1.88 bits per heavy atom. The van der Waals surface area contributed by atoms with Crippen molar-refractivity contribution in [2.45, 2.75) is 6.92 Å². The summed E-state index contributed by atoms with van der Waals surface area (Å²) < 4.78 is 23.5. The van der Waals surface area contributed by atoms with E-state index in [1.54, 1.807) is 50.4 Å². The van der Waals surface area contributed by atoms with Crippen LogP contribution in [-0.4, -0.2) is 56.3 Å². The van der Waals surface area contributed by atoms with Crippen LogP contribution < -0.4 is 19.9 Å². The molecule has 10 nitrogen and oxygen atoms in total. The molecule has 0 saturated carbocycles. The number of anilines is 1. The van der Waals surface area contributed by atoms with Gasteiger partial charge in [0.1, 0.15) is 17.1 Å². The third-order valence-corrected chi connectivity index (χ3v) is 6.19. The molecule has 10 heteroatoms. The fraction of sp³-hybridized carbons (Fsp3) is 0.200. The van der Waals surface area contributed by atoms with Crippen molar-refractivity contribution in [1.29, 1.82) is 0 Å². The maximum absolute atomic E-state index is 13.6. The van der Waals surface area contributed by atoms with Crippen LogP contribution in [0.25, 0.3) is 33.5 Å². The van der Waals surface area contributed by atoms with Gasteiger partial charge in [0.05, 0.1) is 36.2 Å². The topological polar surface area (TPSA) is 108 Å². The zero-order chi connectivity index (χ0) is 28.2. The van der Waals surface area contributed by atoms with Gasteiger partial charge in [-0.25, -0.2) is 9.78 Å². The molecular formula is C30H28N4O6. The van der Waals surface area contributed by atoms with Crippen LogP contribution in [0.15, 0.2) is 81.0 Å². The minimum absolute atomic E-state index is 0.220. The van der Waals surface area contributed by atoms with Gasteiger partial charge in [-0.1, -0.05) is 18.2 Å². The summed E-state index contributed by atoms with van der Waals surface area (Å²) >= 11 is 0. The molecule has 0 radical (unpaired) electrons. The minimum atomic E-state index is -0.488. The summed E-state index contributed by atoms with van der Waals surface area (Å²) in [6.45, 7) is 1.71. The van der Waals surface area contributed by atoms with Gasteiger partial charge in [0.25, 0.3) is 5.56 Å². The van der Waals surface area contributed by atoms with Crippen molar-refractivity contribution in [3.05, 3.63) is 82.6 Å². The van der Waals surface area contributed by atoms with E-state index in [9.17, 15) is 9.59 Å². The monoisotopic (exact) mass is 540 g/mol. The fourth-order valence-corrected chi connectivity index (χ4v) is 4.20. The highest BCUT2D eigenvalue weighted by Crippen LogP contribution is 2.33. The summed E-state index contributed by atoms with van der Waals surface area (Å²) in [5, 5.41) is 5.67. The molecule has 0 spiro atoms. The summed E-state index contributed by atoms with van der Waals surface area (Å²) in [5.74, 6) is 1.12. The summed E-state index contributed by atoms with van der Waals surface area (Å²) in [5.41, 5.74) is 2.13. The standard InChI is InChI=1S/C30H28N4O6/c1-5-38-28(35)18-39-26-15-20(33(2)3)14-13-19(26)17-31-34-29(32-23-10-7-6-9-21(23)30(34)36)27-16-22-24(37-4)11-8-12-25(22)40-27/h6-17H,5,18H2,1-4H3. The highest BCUT2D eigenvalue weighted by atomic mass is 16.6. The van der Waals surface area contributed by atoms with Gasteiger partial charge < -0.3 is 23.5 Å². The number of benzene rings is 3. The Balaban J connectivity index is 1.63. The number of hydrogen-bond acceptors (Lipinski definition) is 9. The molecule has 204 valence electrons. The Labute approximate surface area is 230 Å². The van der Waals surface area contributed by atoms with Gasteiger partial charge in [0.2, 0.25) is 5.82 Å². The number of aromatic nitrogens is 2. The normalized spacial score (nSPS) is 11.3. The Bertz CT molecular complexity index is 1790. The SMILES string of the molecule is CCOC(=O)COc1cc(N(C)C)ccc1C=Nn1c(-c2cc3c(OC)cccc3o2)nc2ccccc2c1=O. The number of carbonyl (C=O) groups excluding carboxylic acids is 1. The number of hydrogen-bond donors (Lipinski definition) is 0. The van der Waals surface area contributed by atoms with Gasteiger partial charge in [-0.2, -0.15) is 9.78 Å². The molecule has 0 saturated heterocycles. The number of ether oxygens (including phenoxy) is 3. The first-order valence-corrected chi connectivity index (χ1v) is 12.6. The fourth-order valence-electron chi connectivity index (χ4n) is 4.20. The minimum Gasteiger partial charge on any atom is -0.496 e. The largest absolute Gasteiger partial charge is 0.496 e. The van der Waals surface area contributed by atoms with Crippen LogP contribution in [0.2, 0.25) is 0 Å². The Hall–Kier alpha value is -5.12. The third kappa shape index (κ3) is 5.24. The number of carbonyl (C=O) groups is 1. The van der Waals surface area contributed by atoms with Crippen molar-refractivity contribution in [3.63, 3.8) is 0 Å². The van der Waals surface area contributed by atoms with Crippen LogP contribution in [0.5, 0.6) is 11.5 Å². The van der Waals surface area contributed by atoms with Crippen LogP contribution in [-0.2, 0) is 9.53 Å². The summed E-state index contributed by atoms with van der Waals surface area (Å²) in [6.07, 6.45) is 1.49. The zero-order valence-corrected chi connectivity index (χ0v) is 22.6.